The van der Waals surface area contributed by atoms with Crippen molar-refractivity contribution in [3.63, 3.8) is 0 Å². The molecule has 0 saturated heterocycles. The van der Waals surface area contributed by atoms with E-state index < -0.39 is 5.82 Å². The molecule has 0 aliphatic rings. The minimum Gasteiger partial charge on any atom is -0.489 e. The molecule has 0 spiro atoms. The highest BCUT2D eigenvalue weighted by Gasteiger charge is 2.16. The van der Waals surface area contributed by atoms with Crippen molar-refractivity contribution in [2.75, 3.05) is 24.3 Å². The van der Waals surface area contributed by atoms with E-state index in [9.17, 15) is 14.0 Å². The Morgan fingerprint density at radius 2 is 2.06 bits per heavy atom. The number of carbonyl (C=O) groups excluding carboxylic acids is 2. The van der Waals surface area contributed by atoms with Gasteiger partial charge in [-0.1, -0.05) is 23.2 Å². The molecule has 3 N–H and O–H groups in total. The van der Waals surface area contributed by atoms with Crippen molar-refractivity contribution in [2.24, 2.45) is 0 Å². The molecule has 12 heteroatoms. The van der Waals surface area contributed by atoms with Crippen molar-refractivity contribution < 1.29 is 18.7 Å². The number of nitrogen functional groups attached to an aromatic ring is 1. The third-order valence-electron chi connectivity index (χ3n) is 4.36. The quantitative estimate of drug-likeness (QED) is 0.376. The van der Waals surface area contributed by atoms with Gasteiger partial charge >= 0.3 is 0 Å². The maximum Gasteiger partial charge on any atom is 0.269 e. The number of nitrogens with two attached hydrogens (primary N) is 1. The number of aromatic nitrogens is 3. The Morgan fingerprint density at radius 1 is 1.28 bits per heavy atom. The largest absolute Gasteiger partial charge is 0.489 e. The van der Waals surface area contributed by atoms with Gasteiger partial charge in [-0.2, -0.15) is 0 Å². The van der Waals surface area contributed by atoms with Gasteiger partial charge < -0.3 is 15.8 Å². The highest BCUT2D eigenvalue weighted by atomic mass is 35.5. The van der Waals surface area contributed by atoms with E-state index in [2.05, 4.69) is 20.5 Å². The molecular formula is C20H17Cl2FN6O3. The fourth-order valence-corrected chi connectivity index (χ4v) is 3.27. The number of carbonyl (C=O) groups is 2. The standard InChI is InChI=1S/C20H17Cl2FN6O3/c1-25-20(31)15-5-2-11(9-26-15)29(10-30)17-8-16(19(24)28-27-17)32-7-6-12-13(21)3-4-14(23)18(12)22/h2-5,8-10H,6-7H2,1H3,(H2,24,28)(H,25,31). The summed E-state index contributed by atoms with van der Waals surface area (Å²) >= 11 is 12.0. The molecule has 0 saturated carbocycles. The van der Waals surface area contributed by atoms with Crippen molar-refractivity contribution in [3.05, 3.63) is 63.6 Å². The summed E-state index contributed by atoms with van der Waals surface area (Å²) in [4.78, 5) is 28.5. The molecule has 0 aliphatic carbocycles. The number of hydrogen-bond donors (Lipinski definition) is 2. The molecule has 1 aromatic carbocycles. The Morgan fingerprint density at radius 3 is 2.72 bits per heavy atom. The molecule has 3 aromatic rings. The van der Waals surface area contributed by atoms with Crippen molar-refractivity contribution in [1.82, 2.24) is 20.5 Å². The Hall–Kier alpha value is -3.50. The van der Waals surface area contributed by atoms with Crippen LogP contribution in [-0.4, -0.2) is 41.2 Å². The van der Waals surface area contributed by atoms with Crippen LogP contribution in [0.2, 0.25) is 10.0 Å². The lowest BCUT2D eigenvalue weighted by molar-refractivity contribution is -0.106. The van der Waals surface area contributed by atoms with Crippen LogP contribution in [0.1, 0.15) is 16.1 Å². The molecule has 3 rings (SSSR count). The average Bonchev–Trinajstić information content (AvgIpc) is 2.80. The zero-order valence-corrected chi connectivity index (χ0v) is 18.2. The summed E-state index contributed by atoms with van der Waals surface area (Å²) in [5.41, 5.74) is 6.75. The van der Waals surface area contributed by atoms with Crippen molar-refractivity contribution >= 4 is 52.8 Å². The van der Waals surface area contributed by atoms with Gasteiger partial charge in [0.1, 0.15) is 11.5 Å². The summed E-state index contributed by atoms with van der Waals surface area (Å²) in [5.74, 6) is -0.697. The van der Waals surface area contributed by atoms with Crippen LogP contribution in [0.3, 0.4) is 0 Å². The second kappa shape index (κ2) is 10.2. The van der Waals surface area contributed by atoms with Crippen LogP contribution in [0.15, 0.2) is 36.5 Å². The van der Waals surface area contributed by atoms with Crippen LogP contribution >= 0.6 is 23.2 Å². The number of nitrogens with zero attached hydrogens (tertiary/aromatic N) is 4. The molecule has 0 bridgehead atoms. The van der Waals surface area contributed by atoms with E-state index in [4.69, 9.17) is 33.7 Å². The summed E-state index contributed by atoms with van der Waals surface area (Å²) in [5, 5.41) is 10.4. The van der Waals surface area contributed by atoms with Gasteiger partial charge in [0.15, 0.2) is 17.4 Å². The number of benzene rings is 1. The molecule has 2 aromatic heterocycles. The Kier molecular flexibility index (Phi) is 7.39. The van der Waals surface area contributed by atoms with Crippen molar-refractivity contribution in [3.8, 4) is 5.75 Å². The lowest BCUT2D eigenvalue weighted by Gasteiger charge is -2.17. The van der Waals surface area contributed by atoms with Crippen LogP contribution in [0, 0.1) is 5.82 Å². The normalized spacial score (nSPS) is 10.5. The van der Waals surface area contributed by atoms with Gasteiger partial charge in [0.25, 0.3) is 5.91 Å². The third kappa shape index (κ3) is 5.04. The lowest BCUT2D eigenvalue weighted by Crippen LogP contribution is -2.20. The molecule has 32 heavy (non-hydrogen) atoms. The third-order valence-corrected chi connectivity index (χ3v) is 5.12. The monoisotopic (exact) mass is 478 g/mol. The van der Waals surface area contributed by atoms with Crippen molar-refractivity contribution in [1.29, 1.82) is 0 Å². The molecule has 0 aliphatic heterocycles. The number of pyridine rings is 1. The summed E-state index contributed by atoms with van der Waals surface area (Å²) in [6, 6.07) is 6.98. The molecule has 0 atom stereocenters. The fourth-order valence-electron chi connectivity index (χ4n) is 2.71. The number of rotatable bonds is 8. The van der Waals surface area contributed by atoms with Crippen molar-refractivity contribution in [2.45, 2.75) is 6.42 Å². The maximum absolute atomic E-state index is 13.7. The van der Waals surface area contributed by atoms with Gasteiger partial charge in [0, 0.05) is 24.6 Å². The van der Waals surface area contributed by atoms with E-state index >= 15 is 0 Å². The average molecular weight is 479 g/mol. The number of anilines is 3. The fraction of sp³-hybridized carbons (Fsp3) is 0.150. The molecule has 0 radical (unpaired) electrons. The molecular weight excluding hydrogens is 462 g/mol. The number of halogens is 3. The highest BCUT2D eigenvalue weighted by Crippen LogP contribution is 2.30. The van der Waals surface area contributed by atoms with E-state index in [1.54, 1.807) is 0 Å². The summed E-state index contributed by atoms with van der Waals surface area (Å²) < 4.78 is 19.3. The van der Waals surface area contributed by atoms with E-state index in [1.807, 2.05) is 0 Å². The molecule has 166 valence electrons. The predicted octanol–water partition coefficient (Wildman–Crippen LogP) is 3.18. The minimum atomic E-state index is -0.587. The van der Waals surface area contributed by atoms with E-state index in [-0.39, 0.29) is 47.0 Å². The summed E-state index contributed by atoms with van der Waals surface area (Å²) in [7, 11) is 1.48. The second-order valence-electron chi connectivity index (χ2n) is 6.33. The second-order valence-corrected chi connectivity index (χ2v) is 7.11. The minimum absolute atomic E-state index is 0.0101. The Labute approximate surface area is 192 Å². The van der Waals surface area contributed by atoms with Crippen LogP contribution in [0.5, 0.6) is 5.75 Å². The van der Waals surface area contributed by atoms with Gasteiger partial charge in [-0.05, 0) is 29.8 Å². The Balaban J connectivity index is 1.78. The van der Waals surface area contributed by atoms with Crippen LogP contribution < -0.4 is 20.7 Å². The first-order valence-corrected chi connectivity index (χ1v) is 9.92. The number of hydrogen-bond acceptors (Lipinski definition) is 7. The van der Waals surface area contributed by atoms with Gasteiger partial charge in [0.2, 0.25) is 6.41 Å². The van der Waals surface area contributed by atoms with Crippen LogP contribution in [0.25, 0.3) is 0 Å². The summed E-state index contributed by atoms with van der Waals surface area (Å²) in [6.07, 6.45) is 2.05. The molecule has 2 heterocycles. The number of amides is 2. The first kappa shape index (κ1) is 23.2. The number of nitrogens with one attached hydrogen (secondary N) is 1. The molecule has 2 amide bonds. The zero-order valence-electron chi connectivity index (χ0n) is 16.7. The molecule has 9 nitrogen and oxygen atoms in total. The van der Waals surface area contributed by atoms with Gasteiger partial charge in [-0.25, -0.2) is 9.37 Å². The van der Waals surface area contributed by atoms with E-state index in [1.165, 1.54) is 43.6 Å². The maximum atomic E-state index is 13.7. The predicted molar refractivity (Wildman–Crippen MR) is 118 cm³/mol. The molecule has 0 fully saturated rings. The van der Waals surface area contributed by atoms with E-state index in [0.29, 0.717) is 22.7 Å². The summed E-state index contributed by atoms with van der Waals surface area (Å²) in [6.45, 7) is 0.0572. The van der Waals surface area contributed by atoms with Gasteiger partial charge in [-0.3, -0.25) is 14.5 Å². The molecule has 0 unspecified atom stereocenters. The van der Waals surface area contributed by atoms with Gasteiger partial charge in [-0.15, -0.1) is 10.2 Å². The lowest BCUT2D eigenvalue weighted by atomic mass is 10.1. The van der Waals surface area contributed by atoms with Gasteiger partial charge in [0.05, 0.1) is 23.5 Å². The first-order chi connectivity index (χ1) is 15.3. The zero-order chi connectivity index (χ0) is 23.3. The smallest absolute Gasteiger partial charge is 0.269 e. The topological polar surface area (TPSA) is 123 Å². The van der Waals surface area contributed by atoms with Crippen LogP contribution in [-0.2, 0) is 11.2 Å². The highest BCUT2D eigenvalue weighted by molar-refractivity contribution is 6.36. The SMILES string of the molecule is CNC(=O)c1ccc(N(C=O)c2cc(OCCc3c(Cl)ccc(F)c3Cl)c(N)nn2)cn1. The number of ether oxygens (including phenoxy) is 1. The van der Waals surface area contributed by atoms with E-state index in [0.717, 1.165) is 4.90 Å². The van der Waals surface area contributed by atoms with Crippen LogP contribution in [0.4, 0.5) is 21.7 Å². The first-order valence-electron chi connectivity index (χ1n) is 9.16. The Bertz CT molecular complexity index is 1150.